The molecule has 1 aliphatic rings. The van der Waals surface area contributed by atoms with E-state index in [4.69, 9.17) is 5.11 Å². The minimum absolute atomic E-state index is 0.0559. The van der Waals surface area contributed by atoms with E-state index >= 15 is 0 Å². The minimum Gasteiger partial charge on any atom is -0.481 e. The van der Waals surface area contributed by atoms with Crippen molar-refractivity contribution in [2.45, 2.75) is 19.3 Å². The predicted octanol–water partition coefficient (Wildman–Crippen LogP) is 1.78. The van der Waals surface area contributed by atoms with E-state index in [1.807, 2.05) is 18.2 Å². The number of carbonyl (C=O) groups is 3. The van der Waals surface area contributed by atoms with Crippen LogP contribution in [0.4, 0.5) is 11.5 Å². The van der Waals surface area contributed by atoms with Gasteiger partial charge in [0.05, 0.1) is 6.42 Å². The van der Waals surface area contributed by atoms with Gasteiger partial charge in [0.25, 0.3) is 0 Å². The number of benzene rings is 1. The number of rotatable bonds is 7. The Kier molecular flexibility index (Phi) is 6.78. The van der Waals surface area contributed by atoms with Crippen LogP contribution in [0.25, 0.3) is 0 Å². The van der Waals surface area contributed by atoms with E-state index < -0.39 is 5.97 Å². The van der Waals surface area contributed by atoms with Crippen LogP contribution in [-0.2, 0) is 20.8 Å². The third-order valence-electron chi connectivity index (χ3n) is 4.80. The van der Waals surface area contributed by atoms with E-state index in [0.29, 0.717) is 37.4 Å². The zero-order valence-electron chi connectivity index (χ0n) is 16.1. The molecule has 0 unspecified atom stereocenters. The maximum absolute atomic E-state index is 12.4. The van der Waals surface area contributed by atoms with E-state index in [0.717, 1.165) is 5.82 Å². The van der Waals surface area contributed by atoms with E-state index in [9.17, 15) is 14.4 Å². The number of anilines is 2. The first-order valence-corrected chi connectivity index (χ1v) is 9.56. The van der Waals surface area contributed by atoms with E-state index in [1.165, 1.54) is 0 Å². The number of nitrogens with zero attached hydrogens (tertiary/aromatic N) is 3. The maximum Gasteiger partial charge on any atom is 0.307 e. The lowest BCUT2D eigenvalue weighted by molar-refractivity contribution is -0.136. The Labute approximate surface area is 169 Å². The number of amides is 2. The van der Waals surface area contributed by atoms with Gasteiger partial charge in [0.2, 0.25) is 11.8 Å². The van der Waals surface area contributed by atoms with Gasteiger partial charge in [0.1, 0.15) is 5.82 Å². The van der Waals surface area contributed by atoms with Gasteiger partial charge in [-0.15, -0.1) is 0 Å². The number of carbonyl (C=O) groups excluding carboxylic acids is 2. The smallest absolute Gasteiger partial charge is 0.307 e. The molecule has 2 aromatic rings. The molecule has 152 valence electrons. The van der Waals surface area contributed by atoms with Crippen LogP contribution in [-0.4, -0.2) is 59.0 Å². The summed E-state index contributed by atoms with van der Waals surface area (Å²) in [6, 6.07) is 12.5. The molecule has 2 N–H and O–H groups in total. The monoisotopic (exact) mass is 396 g/mol. The Hall–Kier alpha value is -3.42. The van der Waals surface area contributed by atoms with Crippen LogP contribution in [0.3, 0.4) is 0 Å². The van der Waals surface area contributed by atoms with Crippen molar-refractivity contribution in [1.82, 2.24) is 9.88 Å². The van der Waals surface area contributed by atoms with Crippen LogP contribution < -0.4 is 10.2 Å². The van der Waals surface area contributed by atoms with Crippen LogP contribution >= 0.6 is 0 Å². The molecule has 2 heterocycles. The number of piperazine rings is 1. The third-order valence-corrected chi connectivity index (χ3v) is 4.80. The first kappa shape index (κ1) is 20.3. The standard InChI is InChI=1S/C21H24N4O4/c26-19(23-17-6-2-1-5-16(17)15-21(28)29)8-9-20(27)25-13-11-24(12-14-25)18-7-3-4-10-22-18/h1-7,10H,8-9,11-15H2,(H,23,26)(H,28,29). The van der Waals surface area contributed by atoms with Gasteiger partial charge < -0.3 is 20.2 Å². The highest BCUT2D eigenvalue weighted by molar-refractivity contribution is 5.94. The molecular formula is C21H24N4O4. The number of para-hydroxylation sites is 1. The molecule has 0 radical (unpaired) electrons. The van der Waals surface area contributed by atoms with Crippen LogP contribution in [0, 0.1) is 0 Å². The second-order valence-electron chi connectivity index (χ2n) is 6.83. The van der Waals surface area contributed by atoms with Crippen molar-refractivity contribution >= 4 is 29.3 Å². The molecule has 0 aliphatic carbocycles. The van der Waals surface area contributed by atoms with Crippen molar-refractivity contribution in [3.05, 3.63) is 54.2 Å². The SMILES string of the molecule is O=C(O)Cc1ccccc1NC(=O)CCC(=O)N1CCN(c2ccccn2)CC1. The summed E-state index contributed by atoms with van der Waals surface area (Å²) in [7, 11) is 0. The summed E-state index contributed by atoms with van der Waals surface area (Å²) < 4.78 is 0. The summed E-state index contributed by atoms with van der Waals surface area (Å²) in [5.74, 6) is -0.423. The third kappa shape index (κ3) is 5.78. The highest BCUT2D eigenvalue weighted by Gasteiger charge is 2.22. The fraction of sp³-hybridized carbons (Fsp3) is 0.333. The number of pyridine rings is 1. The number of carboxylic acids is 1. The average molecular weight is 396 g/mol. The molecule has 1 aromatic carbocycles. The van der Waals surface area contributed by atoms with Crippen molar-refractivity contribution in [3.8, 4) is 0 Å². The molecule has 1 saturated heterocycles. The highest BCUT2D eigenvalue weighted by Crippen LogP contribution is 2.17. The fourth-order valence-electron chi connectivity index (χ4n) is 3.28. The van der Waals surface area contributed by atoms with E-state index in [2.05, 4.69) is 15.2 Å². The Balaban J connectivity index is 1.45. The first-order chi connectivity index (χ1) is 14.0. The summed E-state index contributed by atoms with van der Waals surface area (Å²) in [5, 5.41) is 11.7. The normalized spacial score (nSPS) is 13.8. The molecule has 1 aromatic heterocycles. The molecular weight excluding hydrogens is 372 g/mol. The molecule has 0 saturated carbocycles. The topological polar surface area (TPSA) is 103 Å². The fourth-order valence-corrected chi connectivity index (χ4v) is 3.28. The van der Waals surface area contributed by atoms with Crippen LogP contribution in [0.1, 0.15) is 18.4 Å². The molecule has 2 amide bonds. The lowest BCUT2D eigenvalue weighted by Crippen LogP contribution is -2.49. The van der Waals surface area contributed by atoms with Gasteiger partial charge in [-0.05, 0) is 23.8 Å². The van der Waals surface area contributed by atoms with Gasteiger partial charge in [-0.3, -0.25) is 14.4 Å². The molecule has 0 spiro atoms. The molecule has 0 atom stereocenters. The molecule has 8 nitrogen and oxygen atoms in total. The lowest BCUT2D eigenvalue weighted by atomic mass is 10.1. The van der Waals surface area contributed by atoms with Gasteiger partial charge in [-0.1, -0.05) is 24.3 Å². The van der Waals surface area contributed by atoms with Gasteiger partial charge in [-0.25, -0.2) is 4.98 Å². The summed E-state index contributed by atoms with van der Waals surface area (Å²) in [6.45, 7) is 2.60. The second kappa shape index (κ2) is 9.68. The van der Waals surface area contributed by atoms with Crippen molar-refractivity contribution in [1.29, 1.82) is 0 Å². The second-order valence-corrected chi connectivity index (χ2v) is 6.83. The largest absolute Gasteiger partial charge is 0.481 e. The minimum atomic E-state index is -0.966. The first-order valence-electron chi connectivity index (χ1n) is 9.56. The molecule has 1 aliphatic heterocycles. The van der Waals surface area contributed by atoms with E-state index in [1.54, 1.807) is 35.4 Å². The predicted molar refractivity (Wildman–Crippen MR) is 109 cm³/mol. The molecule has 29 heavy (non-hydrogen) atoms. The number of aromatic nitrogens is 1. The quantitative estimate of drug-likeness (QED) is 0.740. The van der Waals surface area contributed by atoms with E-state index in [-0.39, 0.29) is 31.1 Å². The Morgan fingerprint density at radius 2 is 1.69 bits per heavy atom. The van der Waals surface area contributed by atoms with Crippen molar-refractivity contribution in [2.75, 3.05) is 36.4 Å². The number of nitrogens with one attached hydrogen (secondary N) is 1. The van der Waals surface area contributed by atoms with Gasteiger partial charge in [-0.2, -0.15) is 0 Å². The van der Waals surface area contributed by atoms with Crippen LogP contribution in [0.15, 0.2) is 48.7 Å². The number of aliphatic carboxylic acids is 1. The average Bonchev–Trinajstić information content (AvgIpc) is 2.74. The molecule has 1 fully saturated rings. The summed E-state index contributed by atoms with van der Waals surface area (Å²) in [5.41, 5.74) is 1.00. The number of carboxylic acid groups (broad SMARTS) is 1. The van der Waals surface area contributed by atoms with Gasteiger partial charge in [0, 0.05) is 50.9 Å². The summed E-state index contributed by atoms with van der Waals surface area (Å²) >= 11 is 0. The van der Waals surface area contributed by atoms with Crippen molar-refractivity contribution in [3.63, 3.8) is 0 Å². The zero-order valence-corrected chi connectivity index (χ0v) is 16.1. The van der Waals surface area contributed by atoms with Crippen molar-refractivity contribution < 1.29 is 19.5 Å². The molecule has 8 heteroatoms. The Morgan fingerprint density at radius 1 is 0.966 bits per heavy atom. The lowest BCUT2D eigenvalue weighted by Gasteiger charge is -2.35. The Morgan fingerprint density at radius 3 is 2.38 bits per heavy atom. The van der Waals surface area contributed by atoms with Gasteiger partial charge in [0.15, 0.2) is 0 Å². The van der Waals surface area contributed by atoms with Crippen LogP contribution in [0.2, 0.25) is 0 Å². The van der Waals surface area contributed by atoms with Crippen LogP contribution in [0.5, 0.6) is 0 Å². The van der Waals surface area contributed by atoms with Gasteiger partial charge >= 0.3 is 5.97 Å². The highest BCUT2D eigenvalue weighted by atomic mass is 16.4. The Bertz CT molecular complexity index is 864. The van der Waals surface area contributed by atoms with Crippen molar-refractivity contribution in [2.24, 2.45) is 0 Å². The maximum atomic E-state index is 12.4. The summed E-state index contributed by atoms with van der Waals surface area (Å²) in [4.78, 5) is 43.8. The zero-order chi connectivity index (χ0) is 20.6. The number of hydrogen-bond donors (Lipinski definition) is 2. The number of hydrogen-bond acceptors (Lipinski definition) is 5. The summed E-state index contributed by atoms with van der Waals surface area (Å²) in [6.07, 6.45) is 1.76. The molecule has 0 bridgehead atoms. The molecule has 3 rings (SSSR count).